The third-order valence-electron chi connectivity index (χ3n) is 4.51. The van der Waals surface area contributed by atoms with Crippen LogP contribution in [-0.2, 0) is 16.0 Å². The standard InChI is InChI=1S/C20H20ClNO7/c1-11(22-10-15(23)13-3-2-4-14(21)9-13)7-12-5-6-16-17(8-12)29-20(28-16,18(24)25)19(26)27/h2-6,8-9,11,15,22-23H,7,10H2,1H3,(H,24,25)(H,26,27)/t11?,15-/m0/s1. The van der Waals surface area contributed by atoms with Crippen molar-refractivity contribution in [2.75, 3.05) is 6.54 Å². The summed E-state index contributed by atoms with van der Waals surface area (Å²) in [5.41, 5.74) is 1.50. The van der Waals surface area contributed by atoms with Crippen molar-refractivity contribution in [1.82, 2.24) is 5.32 Å². The number of fused-ring (bicyclic) bond motifs is 1. The highest BCUT2D eigenvalue weighted by Crippen LogP contribution is 2.40. The van der Waals surface area contributed by atoms with Crippen LogP contribution in [0, 0.1) is 0 Å². The zero-order valence-electron chi connectivity index (χ0n) is 15.5. The van der Waals surface area contributed by atoms with Crippen LogP contribution in [0.15, 0.2) is 42.5 Å². The second kappa shape index (κ2) is 8.28. The lowest BCUT2D eigenvalue weighted by Gasteiger charge is -2.18. The van der Waals surface area contributed by atoms with Crippen molar-refractivity contribution in [2.24, 2.45) is 0 Å². The SMILES string of the molecule is CC(Cc1ccc2c(c1)OC(C(=O)O)(C(=O)O)O2)NC[C@H](O)c1cccc(Cl)c1. The van der Waals surface area contributed by atoms with Gasteiger partial charge in [0.25, 0.3) is 0 Å². The molecule has 0 aromatic heterocycles. The van der Waals surface area contributed by atoms with Crippen LogP contribution in [0.5, 0.6) is 11.5 Å². The molecule has 0 saturated heterocycles. The molecular formula is C20H20ClNO7. The van der Waals surface area contributed by atoms with Crippen LogP contribution >= 0.6 is 11.6 Å². The van der Waals surface area contributed by atoms with Crippen LogP contribution in [0.1, 0.15) is 24.2 Å². The van der Waals surface area contributed by atoms with Gasteiger partial charge in [-0.3, -0.25) is 0 Å². The first-order chi connectivity index (χ1) is 13.7. The van der Waals surface area contributed by atoms with Crippen molar-refractivity contribution in [2.45, 2.75) is 31.3 Å². The van der Waals surface area contributed by atoms with Crippen LogP contribution in [0.25, 0.3) is 0 Å². The molecule has 154 valence electrons. The molecule has 8 nitrogen and oxygen atoms in total. The van der Waals surface area contributed by atoms with Gasteiger partial charge in [0.2, 0.25) is 0 Å². The number of carbonyl (C=O) groups is 2. The summed E-state index contributed by atoms with van der Waals surface area (Å²) in [7, 11) is 0. The first kappa shape index (κ1) is 20.9. The zero-order chi connectivity index (χ0) is 21.2. The number of nitrogens with one attached hydrogen (secondary N) is 1. The molecule has 9 heteroatoms. The number of halogens is 1. The van der Waals surface area contributed by atoms with E-state index in [2.05, 4.69) is 5.32 Å². The fourth-order valence-corrected chi connectivity index (χ4v) is 3.21. The molecule has 4 N–H and O–H groups in total. The lowest BCUT2D eigenvalue weighted by molar-refractivity contribution is -0.194. The molecule has 0 amide bonds. The Morgan fingerprint density at radius 1 is 1.10 bits per heavy atom. The first-order valence-electron chi connectivity index (χ1n) is 8.86. The van der Waals surface area contributed by atoms with Gasteiger partial charge in [0.1, 0.15) is 0 Å². The summed E-state index contributed by atoms with van der Waals surface area (Å²) in [6, 6.07) is 11.7. The second-order valence-electron chi connectivity index (χ2n) is 6.80. The summed E-state index contributed by atoms with van der Waals surface area (Å²) in [6.45, 7) is 2.24. The van der Waals surface area contributed by atoms with Gasteiger partial charge in [-0.1, -0.05) is 29.8 Å². The van der Waals surface area contributed by atoms with Crippen LogP contribution in [0.4, 0.5) is 0 Å². The highest BCUT2D eigenvalue weighted by Gasteiger charge is 2.57. The van der Waals surface area contributed by atoms with Gasteiger partial charge in [-0.2, -0.15) is 0 Å². The Hall–Kier alpha value is -2.81. The van der Waals surface area contributed by atoms with Crippen LogP contribution in [0.3, 0.4) is 0 Å². The quantitative estimate of drug-likeness (QED) is 0.478. The van der Waals surface area contributed by atoms with E-state index < -0.39 is 23.8 Å². The van der Waals surface area contributed by atoms with Gasteiger partial charge in [-0.25, -0.2) is 9.59 Å². The lowest BCUT2D eigenvalue weighted by atomic mass is 10.1. The monoisotopic (exact) mass is 421 g/mol. The number of rotatable bonds is 8. The Morgan fingerprint density at radius 2 is 1.79 bits per heavy atom. The lowest BCUT2D eigenvalue weighted by Crippen LogP contribution is -2.54. The van der Waals surface area contributed by atoms with E-state index in [1.807, 2.05) is 6.92 Å². The van der Waals surface area contributed by atoms with E-state index in [1.165, 1.54) is 6.07 Å². The molecule has 1 aliphatic rings. The molecule has 0 aliphatic carbocycles. The summed E-state index contributed by atoms with van der Waals surface area (Å²) >= 11 is 5.94. The minimum Gasteiger partial charge on any atom is -0.475 e. The molecule has 2 aromatic rings. The summed E-state index contributed by atoms with van der Waals surface area (Å²) < 4.78 is 10.1. The molecule has 0 saturated carbocycles. The number of aliphatic hydroxyl groups excluding tert-OH is 1. The van der Waals surface area contributed by atoms with Gasteiger partial charge in [0, 0.05) is 17.6 Å². The van der Waals surface area contributed by atoms with Gasteiger partial charge < -0.3 is 30.1 Å². The number of carboxylic acids is 2. The van der Waals surface area contributed by atoms with E-state index in [1.54, 1.807) is 36.4 Å². The van der Waals surface area contributed by atoms with Crippen molar-refractivity contribution in [3.8, 4) is 11.5 Å². The molecule has 2 aromatic carbocycles. The van der Waals surface area contributed by atoms with E-state index in [4.69, 9.17) is 21.1 Å². The molecule has 1 aliphatic heterocycles. The van der Waals surface area contributed by atoms with E-state index in [0.29, 0.717) is 23.6 Å². The number of benzene rings is 2. The third-order valence-corrected chi connectivity index (χ3v) is 4.75. The zero-order valence-corrected chi connectivity index (χ0v) is 16.2. The van der Waals surface area contributed by atoms with Crippen LogP contribution in [0.2, 0.25) is 5.02 Å². The molecule has 3 rings (SSSR count). The fourth-order valence-electron chi connectivity index (χ4n) is 3.01. The topological polar surface area (TPSA) is 125 Å². The average molecular weight is 422 g/mol. The molecule has 1 heterocycles. The molecule has 0 spiro atoms. The molecule has 2 atom stereocenters. The van der Waals surface area contributed by atoms with E-state index in [-0.39, 0.29) is 17.5 Å². The Morgan fingerprint density at radius 3 is 2.45 bits per heavy atom. The fraction of sp³-hybridized carbons (Fsp3) is 0.300. The number of hydrogen-bond donors (Lipinski definition) is 4. The van der Waals surface area contributed by atoms with Crippen molar-refractivity contribution in [3.63, 3.8) is 0 Å². The molecule has 0 radical (unpaired) electrons. The minimum atomic E-state index is -2.77. The maximum Gasteiger partial charge on any atom is 0.453 e. The van der Waals surface area contributed by atoms with Crippen LogP contribution in [-0.4, -0.2) is 45.6 Å². The largest absolute Gasteiger partial charge is 0.475 e. The number of hydrogen-bond acceptors (Lipinski definition) is 6. The number of aliphatic hydroxyl groups is 1. The number of aliphatic carboxylic acids is 2. The van der Waals surface area contributed by atoms with E-state index >= 15 is 0 Å². The van der Waals surface area contributed by atoms with Gasteiger partial charge in [-0.15, -0.1) is 0 Å². The number of ether oxygens (including phenoxy) is 2. The van der Waals surface area contributed by atoms with E-state index in [9.17, 15) is 24.9 Å². The predicted octanol–water partition coefficient (Wildman–Crippen LogP) is 2.23. The van der Waals surface area contributed by atoms with Gasteiger partial charge in [0.15, 0.2) is 11.5 Å². The summed E-state index contributed by atoms with van der Waals surface area (Å²) in [5, 5.41) is 32.4. The molecular weight excluding hydrogens is 402 g/mol. The Labute approximate surface area is 171 Å². The second-order valence-corrected chi connectivity index (χ2v) is 7.23. The molecule has 0 fully saturated rings. The van der Waals surface area contributed by atoms with Gasteiger partial charge in [-0.05, 0) is 48.7 Å². The Kier molecular flexibility index (Phi) is 5.97. The third kappa shape index (κ3) is 4.45. The maximum absolute atomic E-state index is 11.3. The van der Waals surface area contributed by atoms with Crippen molar-refractivity contribution in [3.05, 3.63) is 58.6 Å². The Bertz CT molecular complexity index is 919. The van der Waals surface area contributed by atoms with Crippen molar-refractivity contribution < 1.29 is 34.4 Å². The highest BCUT2D eigenvalue weighted by atomic mass is 35.5. The predicted molar refractivity (Wildman–Crippen MR) is 103 cm³/mol. The normalized spacial score (nSPS) is 16.2. The van der Waals surface area contributed by atoms with Crippen LogP contribution < -0.4 is 14.8 Å². The Balaban J connectivity index is 1.61. The van der Waals surface area contributed by atoms with Gasteiger partial charge in [0.05, 0.1) is 6.10 Å². The first-order valence-corrected chi connectivity index (χ1v) is 9.23. The maximum atomic E-state index is 11.3. The highest BCUT2D eigenvalue weighted by molar-refractivity contribution is 6.30. The van der Waals surface area contributed by atoms with Crippen molar-refractivity contribution >= 4 is 23.5 Å². The summed E-state index contributed by atoms with van der Waals surface area (Å²) in [6.07, 6.45) is -0.189. The summed E-state index contributed by atoms with van der Waals surface area (Å²) in [4.78, 5) is 22.6. The molecule has 29 heavy (non-hydrogen) atoms. The summed E-state index contributed by atoms with van der Waals surface area (Å²) in [5.74, 6) is -6.15. The molecule has 1 unspecified atom stereocenters. The molecule has 0 bridgehead atoms. The average Bonchev–Trinajstić information content (AvgIpc) is 3.06. The van der Waals surface area contributed by atoms with Gasteiger partial charge >= 0.3 is 17.7 Å². The minimum absolute atomic E-state index is 0.0343. The number of carboxylic acid groups (broad SMARTS) is 2. The van der Waals surface area contributed by atoms with Crippen molar-refractivity contribution in [1.29, 1.82) is 0 Å². The smallest absolute Gasteiger partial charge is 0.453 e. The van der Waals surface area contributed by atoms with E-state index in [0.717, 1.165) is 5.56 Å².